The van der Waals surface area contributed by atoms with Gasteiger partial charge in [-0.05, 0) is 137 Å². The van der Waals surface area contributed by atoms with E-state index in [4.69, 9.17) is 4.42 Å². The molecular weight excluding hydrogens is 799 g/mol. The fourth-order valence-corrected chi connectivity index (χ4v) is 10.2. The number of fused-ring (bicyclic) bond motifs is 9. The SMILES string of the molecule is c1ccc(N(c2ccc(-c3ccc4c(ccc5ccccc54)c3)cc2)c2ccc(-c3cccc4oc5ccccc5c34)cc2)c(-c2ccc(-c3ccc4c(ccc5ccccc54)c3)cc2)c1. The lowest BCUT2D eigenvalue weighted by atomic mass is 9.95. The number of para-hydroxylation sites is 2. The van der Waals surface area contributed by atoms with Crippen LogP contribution in [-0.2, 0) is 0 Å². The minimum Gasteiger partial charge on any atom is -0.456 e. The summed E-state index contributed by atoms with van der Waals surface area (Å²) in [5, 5.41) is 12.4. The van der Waals surface area contributed by atoms with Gasteiger partial charge >= 0.3 is 0 Å². The summed E-state index contributed by atoms with van der Waals surface area (Å²) >= 11 is 0. The second-order valence-corrected chi connectivity index (χ2v) is 17.2. The minimum atomic E-state index is 0.897. The van der Waals surface area contributed by atoms with Gasteiger partial charge in [-0.2, -0.15) is 0 Å². The van der Waals surface area contributed by atoms with E-state index < -0.39 is 0 Å². The van der Waals surface area contributed by atoms with Gasteiger partial charge in [0, 0.05) is 27.7 Å². The normalized spacial score (nSPS) is 11.6. The van der Waals surface area contributed by atoms with Gasteiger partial charge in [-0.1, -0.05) is 194 Å². The van der Waals surface area contributed by atoms with Gasteiger partial charge in [0.05, 0.1) is 5.69 Å². The molecule has 0 aliphatic rings. The molecule has 0 saturated heterocycles. The van der Waals surface area contributed by atoms with Crippen molar-refractivity contribution in [3.8, 4) is 44.5 Å². The van der Waals surface area contributed by atoms with Crippen LogP contribution in [0.2, 0.25) is 0 Å². The number of hydrogen-bond donors (Lipinski definition) is 0. The Kier molecular flexibility index (Phi) is 8.89. The van der Waals surface area contributed by atoms with Crippen LogP contribution in [0.4, 0.5) is 17.1 Å². The molecule has 13 rings (SSSR count). The van der Waals surface area contributed by atoms with Crippen LogP contribution in [0, 0.1) is 0 Å². The Bertz CT molecular complexity index is 3970. The molecule has 2 nitrogen and oxygen atoms in total. The quantitative estimate of drug-likeness (QED) is 0.149. The van der Waals surface area contributed by atoms with Crippen molar-refractivity contribution in [3.05, 3.63) is 249 Å². The molecule has 308 valence electrons. The van der Waals surface area contributed by atoms with E-state index in [-0.39, 0.29) is 0 Å². The zero-order chi connectivity index (χ0) is 43.6. The zero-order valence-electron chi connectivity index (χ0n) is 36.0. The molecule has 2 heteroatoms. The standard InChI is InChI=1S/C64H41NO/c1-3-12-54-44(10-1)24-26-50-40-48(32-38-56(50)54)42-20-22-46(23-21-42)58-14-5-7-17-61(58)65(53-36-30-47(31-37-53)59-16-9-19-63-64(59)60-15-6-8-18-62(60)66-63)52-34-28-43(29-35-52)49-33-39-57-51(41-49)27-25-45-11-2-4-13-55(45)57/h1-41H. The van der Waals surface area contributed by atoms with Crippen LogP contribution in [0.25, 0.3) is 110 Å². The summed E-state index contributed by atoms with van der Waals surface area (Å²) in [5.41, 5.74) is 14.4. The van der Waals surface area contributed by atoms with E-state index in [1.54, 1.807) is 0 Å². The molecule has 0 atom stereocenters. The highest BCUT2D eigenvalue weighted by atomic mass is 16.3. The Balaban J connectivity index is 0.896. The summed E-state index contributed by atoms with van der Waals surface area (Å²) < 4.78 is 6.28. The molecule has 66 heavy (non-hydrogen) atoms. The Morgan fingerprint density at radius 3 is 1.32 bits per heavy atom. The molecule has 0 N–H and O–H groups in total. The Morgan fingerprint density at radius 2 is 0.682 bits per heavy atom. The van der Waals surface area contributed by atoms with Crippen LogP contribution in [0.1, 0.15) is 0 Å². The number of anilines is 3. The monoisotopic (exact) mass is 839 g/mol. The Hall–Kier alpha value is -8.72. The van der Waals surface area contributed by atoms with E-state index in [1.165, 1.54) is 65.3 Å². The van der Waals surface area contributed by atoms with Gasteiger partial charge in [-0.3, -0.25) is 0 Å². The van der Waals surface area contributed by atoms with Gasteiger partial charge in [0.2, 0.25) is 0 Å². The molecule has 12 aromatic carbocycles. The highest BCUT2D eigenvalue weighted by Gasteiger charge is 2.19. The lowest BCUT2D eigenvalue weighted by Gasteiger charge is -2.28. The maximum absolute atomic E-state index is 6.28. The smallest absolute Gasteiger partial charge is 0.136 e. The first-order valence-corrected chi connectivity index (χ1v) is 22.6. The van der Waals surface area contributed by atoms with Crippen LogP contribution in [0.15, 0.2) is 253 Å². The summed E-state index contributed by atoms with van der Waals surface area (Å²) in [5.74, 6) is 0. The predicted molar refractivity (Wildman–Crippen MR) is 280 cm³/mol. The van der Waals surface area contributed by atoms with Gasteiger partial charge in [-0.15, -0.1) is 0 Å². The fourth-order valence-electron chi connectivity index (χ4n) is 10.2. The molecule has 0 radical (unpaired) electrons. The largest absolute Gasteiger partial charge is 0.456 e. The van der Waals surface area contributed by atoms with Gasteiger partial charge in [0.15, 0.2) is 0 Å². The zero-order valence-corrected chi connectivity index (χ0v) is 36.0. The molecule has 1 aromatic heterocycles. The van der Waals surface area contributed by atoms with Crippen molar-refractivity contribution in [2.24, 2.45) is 0 Å². The topological polar surface area (TPSA) is 16.4 Å². The van der Waals surface area contributed by atoms with E-state index in [9.17, 15) is 0 Å². The van der Waals surface area contributed by atoms with E-state index >= 15 is 0 Å². The Labute approximate surface area is 382 Å². The molecule has 0 aliphatic carbocycles. The third-order valence-corrected chi connectivity index (χ3v) is 13.5. The van der Waals surface area contributed by atoms with Crippen molar-refractivity contribution >= 4 is 82.1 Å². The maximum Gasteiger partial charge on any atom is 0.136 e. The van der Waals surface area contributed by atoms with Crippen molar-refractivity contribution in [3.63, 3.8) is 0 Å². The lowest BCUT2D eigenvalue weighted by molar-refractivity contribution is 0.669. The first kappa shape index (κ1) is 37.8. The molecule has 0 spiro atoms. The van der Waals surface area contributed by atoms with E-state index in [1.807, 2.05) is 12.1 Å². The molecule has 1 heterocycles. The van der Waals surface area contributed by atoms with Crippen molar-refractivity contribution in [1.82, 2.24) is 0 Å². The van der Waals surface area contributed by atoms with Crippen molar-refractivity contribution in [2.75, 3.05) is 4.90 Å². The van der Waals surface area contributed by atoms with Crippen molar-refractivity contribution in [1.29, 1.82) is 0 Å². The first-order valence-electron chi connectivity index (χ1n) is 22.6. The minimum absolute atomic E-state index is 0.897. The first-order chi connectivity index (χ1) is 32.7. The van der Waals surface area contributed by atoms with Gasteiger partial charge < -0.3 is 9.32 Å². The number of hydrogen-bond acceptors (Lipinski definition) is 2. The van der Waals surface area contributed by atoms with Crippen molar-refractivity contribution < 1.29 is 4.42 Å². The van der Waals surface area contributed by atoms with E-state index in [2.05, 4.69) is 241 Å². The predicted octanol–water partition coefficient (Wildman–Crippen LogP) is 18.3. The van der Waals surface area contributed by atoms with E-state index in [0.717, 1.165) is 61.3 Å². The average Bonchev–Trinajstić information content (AvgIpc) is 3.78. The van der Waals surface area contributed by atoms with Gasteiger partial charge in [0.1, 0.15) is 11.2 Å². The Morgan fingerprint density at radius 1 is 0.258 bits per heavy atom. The molecule has 0 saturated carbocycles. The third kappa shape index (κ3) is 6.42. The summed E-state index contributed by atoms with van der Waals surface area (Å²) in [6, 6.07) is 90.3. The second kappa shape index (κ2) is 15.5. The summed E-state index contributed by atoms with van der Waals surface area (Å²) in [6.07, 6.45) is 0. The average molecular weight is 840 g/mol. The number of furan rings is 1. The summed E-state index contributed by atoms with van der Waals surface area (Å²) in [6.45, 7) is 0. The van der Waals surface area contributed by atoms with Crippen LogP contribution < -0.4 is 4.90 Å². The lowest BCUT2D eigenvalue weighted by Crippen LogP contribution is -2.11. The highest BCUT2D eigenvalue weighted by Crippen LogP contribution is 2.44. The fraction of sp³-hybridized carbons (Fsp3) is 0. The maximum atomic E-state index is 6.28. The molecule has 0 aliphatic heterocycles. The van der Waals surface area contributed by atoms with E-state index in [0.29, 0.717) is 0 Å². The van der Waals surface area contributed by atoms with Gasteiger partial charge in [-0.25, -0.2) is 0 Å². The number of nitrogens with zero attached hydrogens (tertiary/aromatic N) is 1. The van der Waals surface area contributed by atoms with Crippen LogP contribution in [-0.4, -0.2) is 0 Å². The van der Waals surface area contributed by atoms with Crippen LogP contribution in [0.5, 0.6) is 0 Å². The molecule has 13 aromatic rings. The molecule has 0 amide bonds. The molecular formula is C64H41NO. The molecule has 0 unspecified atom stereocenters. The van der Waals surface area contributed by atoms with Crippen LogP contribution >= 0.6 is 0 Å². The molecule has 0 bridgehead atoms. The summed E-state index contributed by atoms with van der Waals surface area (Å²) in [7, 11) is 0. The van der Waals surface area contributed by atoms with Crippen LogP contribution in [0.3, 0.4) is 0 Å². The summed E-state index contributed by atoms with van der Waals surface area (Å²) in [4.78, 5) is 2.39. The second-order valence-electron chi connectivity index (χ2n) is 17.2. The molecule has 0 fully saturated rings. The number of rotatable bonds is 7. The highest BCUT2D eigenvalue weighted by molar-refractivity contribution is 6.13. The van der Waals surface area contributed by atoms with Crippen molar-refractivity contribution in [2.45, 2.75) is 0 Å². The van der Waals surface area contributed by atoms with Gasteiger partial charge in [0.25, 0.3) is 0 Å². The number of benzene rings is 12. The third-order valence-electron chi connectivity index (χ3n) is 13.5.